The summed E-state index contributed by atoms with van der Waals surface area (Å²) in [6.07, 6.45) is 1.40. The standard InChI is InChI=1S/C15H24N4O3S/c1-9(2)11(16-12(20)10-7-6-8-22-10)13(21)18-19-14(23)17-15(3,4)5/h6-9,11H,1-5H3,(H,16,20)(H,18,21)(H2,17,19,23)/t11-/m0/s1. The van der Waals surface area contributed by atoms with Crippen molar-refractivity contribution in [2.24, 2.45) is 5.92 Å². The molecule has 1 heterocycles. The Labute approximate surface area is 141 Å². The average Bonchev–Trinajstić information content (AvgIpc) is 2.93. The zero-order chi connectivity index (χ0) is 17.6. The van der Waals surface area contributed by atoms with E-state index in [1.165, 1.54) is 12.3 Å². The molecule has 1 atom stereocenters. The molecule has 0 saturated heterocycles. The molecule has 4 N–H and O–H groups in total. The van der Waals surface area contributed by atoms with E-state index in [1.54, 1.807) is 6.07 Å². The van der Waals surface area contributed by atoms with E-state index in [0.717, 1.165) is 0 Å². The van der Waals surface area contributed by atoms with Gasteiger partial charge >= 0.3 is 0 Å². The van der Waals surface area contributed by atoms with Gasteiger partial charge in [0.25, 0.3) is 11.8 Å². The molecular weight excluding hydrogens is 316 g/mol. The van der Waals surface area contributed by atoms with Gasteiger partial charge in [-0.1, -0.05) is 13.8 Å². The number of hydrogen-bond acceptors (Lipinski definition) is 4. The number of carbonyl (C=O) groups is 2. The molecule has 0 aliphatic heterocycles. The highest BCUT2D eigenvalue weighted by Crippen LogP contribution is 2.05. The molecule has 8 heteroatoms. The summed E-state index contributed by atoms with van der Waals surface area (Å²) in [6.45, 7) is 9.51. The van der Waals surface area contributed by atoms with Crippen molar-refractivity contribution in [1.29, 1.82) is 0 Å². The smallest absolute Gasteiger partial charge is 0.287 e. The van der Waals surface area contributed by atoms with E-state index in [2.05, 4.69) is 21.5 Å². The van der Waals surface area contributed by atoms with Crippen LogP contribution in [0, 0.1) is 5.92 Å². The van der Waals surface area contributed by atoms with Crippen molar-refractivity contribution in [2.45, 2.75) is 46.2 Å². The second-order valence-corrected chi connectivity index (χ2v) is 6.90. The normalized spacial score (nSPS) is 12.4. The summed E-state index contributed by atoms with van der Waals surface area (Å²) >= 11 is 5.09. The zero-order valence-corrected chi connectivity index (χ0v) is 14.8. The molecule has 2 amide bonds. The minimum atomic E-state index is -0.725. The SMILES string of the molecule is CC(C)[C@H](NC(=O)c1ccco1)C(=O)NNC(=S)NC(C)(C)C. The predicted octanol–water partition coefficient (Wildman–Crippen LogP) is 1.33. The van der Waals surface area contributed by atoms with E-state index in [9.17, 15) is 9.59 Å². The molecule has 0 fully saturated rings. The molecule has 0 radical (unpaired) electrons. The number of hydrogen-bond donors (Lipinski definition) is 4. The number of rotatable bonds is 4. The number of amides is 2. The lowest BCUT2D eigenvalue weighted by Crippen LogP contribution is -2.57. The molecular formula is C15H24N4O3S. The van der Waals surface area contributed by atoms with Gasteiger partial charge in [0.05, 0.1) is 6.26 Å². The van der Waals surface area contributed by atoms with Gasteiger partial charge in [0.15, 0.2) is 10.9 Å². The van der Waals surface area contributed by atoms with Gasteiger partial charge in [-0.2, -0.15) is 0 Å². The monoisotopic (exact) mass is 340 g/mol. The molecule has 1 aromatic rings. The van der Waals surface area contributed by atoms with E-state index in [-0.39, 0.29) is 17.2 Å². The highest BCUT2D eigenvalue weighted by atomic mass is 32.1. The second kappa shape index (κ2) is 7.96. The van der Waals surface area contributed by atoms with Crippen LogP contribution < -0.4 is 21.5 Å². The summed E-state index contributed by atoms with van der Waals surface area (Å²) in [5.41, 5.74) is 4.91. The Morgan fingerprint density at radius 2 is 1.87 bits per heavy atom. The minimum absolute atomic E-state index is 0.111. The van der Waals surface area contributed by atoms with Crippen molar-refractivity contribution < 1.29 is 14.0 Å². The van der Waals surface area contributed by atoms with Crippen molar-refractivity contribution >= 4 is 29.1 Å². The molecule has 0 bridgehead atoms. The maximum atomic E-state index is 12.3. The Morgan fingerprint density at radius 3 is 2.35 bits per heavy atom. The lowest BCUT2D eigenvalue weighted by Gasteiger charge is -2.25. The van der Waals surface area contributed by atoms with Crippen LogP contribution in [-0.4, -0.2) is 28.5 Å². The maximum absolute atomic E-state index is 12.3. The Balaban J connectivity index is 2.58. The maximum Gasteiger partial charge on any atom is 0.287 e. The molecule has 1 aromatic heterocycles. The Kier molecular flexibility index (Phi) is 6.56. The van der Waals surface area contributed by atoms with E-state index in [4.69, 9.17) is 16.6 Å². The Hall–Kier alpha value is -2.09. The fourth-order valence-electron chi connectivity index (χ4n) is 1.72. The van der Waals surface area contributed by atoms with Crippen LogP contribution in [0.15, 0.2) is 22.8 Å². The van der Waals surface area contributed by atoms with Gasteiger partial charge < -0.3 is 15.1 Å². The first-order valence-electron chi connectivity index (χ1n) is 7.32. The third-order valence-electron chi connectivity index (χ3n) is 2.77. The second-order valence-electron chi connectivity index (χ2n) is 6.49. The average molecular weight is 340 g/mol. The van der Waals surface area contributed by atoms with E-state index < -0.39 is 17.9 Å². The molecule has 128 valence electrons. The number of hydrazine groups is 1. The minimum Gasteiger partial charge on any atom is -0.459 e. The van der Waals surface area contributed by atoms with Gasteiger partial charge in [-0.25, -0.2) is 0 Å². The molecule has 0 aliphatic rings. The number of thiocarbonyl (C=S) groups is 1. The summed E-state index contributed by atoms with van der Waals surface area (Å²) < 4.78 is 5.02. The Bertz CT molecular complexity index is 550. The van der Waals surface area contributed by atoms with Crippen molar-refractivity contribution in [3.63, 3.8) is 0 Å². The summed E-state index contributed by atoms with van der Waals surface area (Å²) in [7, 11) is 0. The summed E-state index contributed by atoms with van der Waals surface area (Å²) in [5, 5.41) is 5.95. The van der Waals surface area contributed by atoms with Crippen molar-refractivity contribution in [3.05, 3.63) is 24.2 Å². The largest absolute Gasteiger partial charge is 0.459 e. The van der Waals surface area contributed by atoms with Crippen LogP contribution in [0.4, 0.5) is 0 Å². The summed E-state index contributed by atoms with van der Waals surface area (Å²) in [5.74, 6) is -0.793. The summed E-state index contributed by atoms with van der Waals surface area (Å²) in [6, 6.07) is 2.42. The molecule has 1 rings (SSSR count). The predicted molar refractivity (Wildman–Crippen MR) is 91.6 cm³/mol. The van der Waals surface area contributed by atoms with Gasteiger partial charge in [-0.05, 0) is 51.0 Å². The highest BCUT2D eigenvalue weighted by molar-refractivity contribution is 7.80. The summed E-state index contributed by atoms with van der Waals surface area (Å²) in [4.78, 5) is 24.3. The van der Waals surface area contributed by atoms with Gasteiger partial charge in [0.2, 0.25) is 0 Å². The molecule has 0 spiro atoms. The number of nitrogens with one attached hydrogen (secondary N) is 4. The number of furan rings is 1. The number of carbonyl (C=O) groups excluding carboxylic acids is 2. The molecule has 0 aliphatic carbocycles. The highest BCUT2D eigenvalue weighted by Gasteiger charge is 2.25. The van der Waals surface area contributed by atoms with Crippen LogP contribution in [0.5, 0.6) is 0 Å². The lowest BCUT2D eigenvalue weighted by molar-refractivity contribution is -0.124. The molecule has 0 saturated carbocycles. The third kappa shape index (κ3) is 6.68. The lowest BCUT2D eigenvalue weighted by atomic mass is 10.0. The fraction of sp³-hybridized carbons (Fsp3) is 0.533. The van der Waals surface area contributed by atoms with Crippen LogP contribution in [0.3, 0.4) is 0 Å². The molecule has 23 heavy (non-hydrogen) atoms. The molecule has 0 aromatic carbocycles. The first kappa shape index (κ1) is 19.0. The van der Waals surface area contributed by atoms with Gasteiger partial charge in [0.1, 0.15) is 6.04 Å². The van der Waals surface area contributed by atoms with Crippen molar-refractivity contribution in [3.8, 4) is 0 Å². The van der Waals surface area contributed by atoms with Crippen LogP contribution in [-0.2, 0) is 4.79 Å². The Morgan fingerprint density at radius 1 is 1.22 bits per heavy atom. The fourth-order valence-corrected chi connectivity index (χ4v) is 2.08. The van der Waals surface area contributed by atoms with E-state index in [1.807, 2.05) is 34.6 Å². The van der Waals surface area contributed by atoms with E-state index in [0.29, 0.717) is 5.11 Å². The quantitative estimate of drug-likeness (QED) is 0.488. The first-order valence-corrected chi connectivity index (χ1v) is 7.73. The molecule has 7 nitrogen and oxygen atoms in total. The topological polar surface area (TPSA) is 95.4 Å². The zero-order valence-electron chi connectivity index (χ0n) is 14.0. The molecule has 0 unspecified atom stereocenters. The van der Waals surface area contributed by atoms with Crippen LogP contribution in [0.1, 0.15) is 45.2 Å². The van der Waals surface area contributed by atoms with Gasteiger partial charge in [0, 0.05) is 5.54 Å². The van der Waals surface area contributed by atoms with Crippen LogP contribution in [0.25, 0.3) is 0 Å². The van der Waals surface area contributed by atoms with Gasteiger partial charge in [-0.3, -0.25) is 20.4 Å². The van der Waals surface area contributed by atoms with Crippen molar-refractivity contribution in [1.82, 2.24) is 21.5 Å². The first-order chi connectivity index (χ1) is 10.6. The van der Waals surface area contributed by atoms with E-state index >= 15 is 0 Å². The third-order valence-corrected chi connectivity index (χ3v) is 2.97. The van der Waals surface area contributed by atoms with Crippen molar-refractivity contribution in [2.75, 3.05) is 0 Å². The van der Waals surface area contributed by atoms with Crippen LogP contribution >= 0.6 is 12.2 Å². The van der Waals surface area contributed by atoms with Crippen LogP contribution in [0.2, 0.25) is 0 Å². The van der Waals surface area contributed by atoms with Gasteiger partial charge in [-0.15, -0.1) is 0 Å².